The number of morpholine rings is 1. The number of nitrogens with zero attached hydrogens (tertiary/aromatic N) is 1. The second kappa shape index (κ2) is 13.8. The highest BCUT2D eigenvalue weighted by Gasteiger charge is 2.45. The molecular formula is C47H38F5NO5. The molecule has 1 unspecified atom stereocenters. The van der Waals surface area contributed by atoms with Crippen LogP contribution >= 0.6 is 0 Å². The van der Waals surface area contributed by atoms with Crippen molar-refractivity contribution in [2.75, 3.05) is 52.5 Å². The lowest BCUT2D eigenvalue weighted by Gasteiger charge is -2.39. The molecule has 1 aliphatic carbocycles. The molecule has 0 spiro atoms. The SMILES string of the molecule is COc1ccc(C2(c3ccc(N4CCOCC4)cc3)C=Cc3c4c(c5cc(OC)c(OC)cc5c3O2)-c2ccc(-c3c(F)c(F)c(F)c(F)c3F)cc2C4(C)C)cc1. The summed E-state index contributed by atoms with van der Waals surface area (Å²) in [5.74, 6) is -7.82. The van der Waals surface area contributed by atoms with Crippen molar-refractivity contribution in [3.63, 3.8) is 0 Å². The van der Waals surface area contributed by atoms with Gasteiger partial charge < -0.3 is 28.6 Å². The lowest BCUT2D eigenvalue weighted by atomic mass is 9.76. The van der Waals surface area contributed by atoms with E-state index in [2.05, 4.69) is 29.2 Å². The Morgan fingerprint density at radius 2 is 1.22 bits per heavy atom. The standard InChI is InChI=1S/C47H38F5NO5/c1-46(2)34-22-25(37-40(48)42(50)44(52)43(51)41(37)49)6-15-30(34)38-32-23-35(55-4)36(56-5)24-33(32)45-31(39(38)46)16-17-47(58-45,27-9-13-29(54-3)14-10-27)26-7-11-28(12-8-26)53-18-20-57-21-19-53/h6-17,22-24H,18-21H2,1-5H3. The fraction of sp³-hybridized carbons (Fsp3) is 0.234. The van der Waals surface area contributed by atoms with Crippen molar-refractivity contribution in [2.24, 2.45) is 0 Å². The number of benzene rings is 6. The molecule has 1 fully saturated rings. The predicted molar refractivity (Wildman–Crippen MR) is 213 cm³/mol. The first-order valence-corrected chi connectivity index (χ1v) is 18.8. The molecule has 0 saturated carbocycles. The van der Waals surface area contributed by atoms with E-state index >= 15 is 8.78 Å². The van der Waals surface area contributed by atoms with E-state index in [1.54, 1.807) is 27.4 Å². The van der Waals surface area contributed by atoms with E-state index in [0.717, 1.165) is 57.5 Å². The number of fused-ring (bicyclic) bond motifs is 8. The first kappa shape index (κ1) is 37.5. The third kappa shape index (κ3) is 5.46. The summed E-state index contributed by atoms with van der Waals surface area (Å²) in [5, 5.41) is 1.47. The quantitative estimate of drug-likeness (QED) is 0.0912. The highest BCUT2D eigenvalue weighted by atomic mass is 19.2. The van der Waals surface area contributed by atoms with Gasteiger partial charge in [-0.05, 0) is 81.7 Å². The van der Waals surface area contributed by atoms with Crippen LogP contribution in [-0.2, 0) is 15.8 Å². The molecule has 296 valence electrons. The van der Waals surface area contributed by atoms with E-state index in [1.807, 2.05) is 62.4 Å². The molecule has 0 N–H and O–H groups in total. The Hall–Kier alpha value is -6.07. The minimum atomic E-state index is -2.21. The lowest BCUT2D eigenvalue weighted by molar-refractivity contribution is 0.122. The predicted octanol–water partition coefficient (Wildman–Crippen LogP) is 10.7. The fourth-order valence-corrected chi connectivity index (χ4v) is 8.88. The third-order valence-corrected chi connectivity index (χ3v) is 11.8. The summed E-state index contributed by atoms with van der Waals surface area (Å²) in [6.07, 6.45) is 4.08. The summed E-state index contributed by atoms with van der Waals surface area (Å²) in [5.41, 5.74) is 3.48. The van der Waals surface area contributed by atoms with Crippen molar-refractivity contribution in [3.8, 4) is 45.3 Å². The van der Waals surface area contributed by atoms with E-state index in [1.165, 1.54) is 12.1 Å². The molecule has 2 heterocycles. The Labute approximate surface area is 332 Å². The van der Waals surface area contributed by atoms with Crippen LogP contribution in [0.4, 0.5) is 27.6 Å². The molecule has 2 aliphatic heterocycles. The normalized spacial score (nSPS) is 17.7. The summed E-state index contributed by atoms with van der Waals surface area (Å²) < 4.78 is 104. The van der Waals surface area contributed by atoms with Gasteiger partial charge in [0.1, 0.15) is 11.5 Å². The molecule has 0 aromatic heterocycles. The average Bonchev–Trinajstić information content (AvgIpc) is 3.50. The summed E-state index contributed by atoms with van der Waals surface area (Å²) in [6, 6.07) is 24.4. The first-order chi connectivity index (χ1) is 27.9. The number of hydrogen-bond acceptors (Lipinski definition) is 6. The van der Waals surface area contributed by atoms with E-state index < -0.39 is 45.7 Å². The topological polar surface area (TPSA) is 49.4 Å². The maximum absolute atomic E-state index is 15.2. The van der Waals surface area contributed by atoms with Crippen molar-refractivity contribution in [2.45, 2.75) is 24.9 Å². The monoisotopic (exact) mass is 791 g/mol. The zero-order chi connectivity index (χ0) is 40.7. The average molecular weight is 792 g/mol. The largest absolute Gasteiger partial charge is 0.497 e. The second-order valence-electron chi connectivity index (χ2n) is 15.1. The van der Waals surface area contributed by atoms with Gasteiger partial charge in [0.15, 0.2) is 40.4 Å². The van der Waals surface area contributed by atoms with Crippen molar-refractivity contribution in [3.05, 3.63) is 142 Å². The zero-order valence-electron chi connectivity index (χ0n) is 32.4. The first-order valence-electron chi connectivity index (χ1n) is 18.8. The Balaban J connectivity index is 1.28. The van der Waals surface area contributed by atoms with Gasteiger partial charge in [-0.25, -0.2) is 22.0 Å². The van der Waals surface area contributed by atoms with E-state index in [9.17, 15) is 13.2 Å². The lowest BCUT2D eigenvalue weighted by Crippen LogP contribution is -2.37. The van der Waals surface area contributed by atoms with E-state index in [0.29, 0.717) is 47.2 Å². The van der Waals surface area contributed by atoms with Gasteiger partial charge >= 0.3 is 0 Å². The van der Waals surface area contributed by atoms with Gasteiger partial charge in [0.25, 0.3) is 0 Å². The fourth-order valence-electron chi connectivity index (χ4n) is 8.88. The Kier molecular flexibility index (Phi) is 8.92. The number of halogens is 5. The van der Waals surface area contributed by atoms with Crippen molar-refractivity contribution in [1.82, 2.24) is 0 Å². The Bertz CT molecular complexity index is 2640. The molecule has 1 saturated heterocycles. The van der Waals surface area contributed by atoms with Crippen LogP contribution in [0.25, 0.3) is 39.1 Å². The van der Waals surface area contributed by atoms with E-state index in [4.69, 9.17) is 23.7 Å². The minimum absolute atomic E-state index is 0.143. The molecule has 11 heteroatoms. The molecule has 1 atom stereocenters. The maximum atomic E-state index is 15.2. The van der Waals surface area contributed by atoms with E-state index in [-0.39, 0.29) is 5.56 Å². The van der Waals surface area contributed by atoms with Crippen molar-refractivity contribution >= 4 is 22.5 Å². The van der Waals surface area contributed by atoms with Gasteiger partial charge in [-0.1, -0.05) is 56.3 Å². The van der Waals surface area contributed by atoms with Gasteiger partial charge in [0.2, 0.25) is 5.82 Å². The molecule has 0 bridgehead atoms. The number of hydrogen-bond donors (Lipinski definition) is 0. The van der Waals surface area contributed by atoms with Crippen LogP contribution < -0.4 is 23.8 Å². The van der Waals surface area contributed by atoms with Gasteiger partial charge in [-0.2, -0.15) is 0 Å². The third-order valence-electron chi connectivity index (χ3n) is 11.8. The molecule has 9 rings (SSSR count). The maximum Gasteiger partial charge on any atom is 0.200 e. The zero-order valence-corrected chi connectivity index (χ0v) is 32.4. The highest BCUT2D eigenvalue weighted by Crippen LogP contribution is 2.59. The molecular weight excluding hydrogens is 754 g/mol. The number of anilines is 1. The number of methoxy groups -OCH3 is 3. The number of ether oxygens (including phenoxy) is 5. The summed E-state index contributed by atoms with van der Waals surface area (Å²) in [4.78, 5) is 2.29. The van der Waals surface area contributed by atoms with Gasteiger partial charge in [-0.3, -0.25) is 0 Å². The van der Waals surface area contributed by atoms with Gasteiger partial charge in [0.05, 0.1) is 40.1 Å². The number of rotatable bonds is 7. The van der Waals surface area contributed by atoms with Crippen LogP contribution in [0.3, 0.4) is 0 Å². The minimum Gasteiger partial charge on any atom is -0.497 e. The molecule has 3 aliphatic rings. The van der Waals surface area contributed by atoms with Gasteiger partial charge in [0, 0.05) is 46.3 Å². The molecule has 6 aromatic carbocycles. The molecule has 6 nitrogen and oxygen atoms in total. The van der Waals surface area contributed by atoms with Crippen LogP contribution in [-0.4, -0.2) is 47.6 Å². The van der Waals surface area contributed by atoms with Crippen LogP contribution in [0.15, 0.2) is 84.9 Å². The van der Waals surface area contributed by atoms with Crippen molar-refractivity contribution < 1.29 is 45.6 Å². The summed E-state index contributed by atoms with van der Waals surface area (Å²) >= 11 is 0. The van der Waals surface area contributed by atoms with Gasteiger partial charge in [-0.15, -0.1) is 0 Å². The summed E-state index contributed by atoms with van der Waals surface area (Å²) in [7, 11) is 4.72. The Morgan fingerprint density at radius 1 is 0.638 bits per heavy atom. The van der Waals surface area contributed by atoms with Crippen LogP contribution in [0.2, 0.25) is 0 Å². The Morgan fingerprint density at radius 3 is 1.83 bits per heavy atom. The molecule has 58 heavy (non-hydrogen) atoms. The van der Waals surface area contributed by atoms with Crippen LogP contribution in [0.5, 0.6) is 23.0 Å². The van der Waals surface area contributed by atoms with Crippen molar-refractivity contribution in [1.29, 1.82) is 0 Å². The molecule has 6 aromatic rings. The summed E-state index contributed by atoms with van der Waals surface area (Å²) in [6.45, 7) is 6.83. The second-order valence-corrected chi connectivity index (χ2v) is 15.1. The van der Waals surface area contributed by atoms with Crippen LogP contribution in [0, 0.1) is 29.1 Å². The van der Waals surface area contributed by atoms with Crippen LogP contribution in [0.1, 0.15) is 41.7 Å². The smallest absolute Gasteiger partial charge is 0.200 e. The highest BCUT2D eigenvalue weighted by molar-refractivity contribution is 6.10. The molecule has 0 radical (unpaired) electrons. The molecule has 0 amide bonds.